The summed E-state index contributed by atoms with van der Waals surface area (Å²) in [6, 6.07) is 0.255. The van der Waals surface area contributed by atoms with Gasteiger partial charge in [-0.1, -0.05) is 0 Å². The van der Waals surface area contributed by atoms with Crippen molar-refractivity contribution in [2.45, 2.75) is 18.9 Å². The molecule has 1 aliphatic carbocycles. The number of hydrogen-bond donors (Lipinski definition) is 3. The first kappa shape index (κ1) is 14.6. The second-order valence-corrected chi connectivity index (χ2v) is 5.97. The second-order valence-electron chi connectivity index (χ2n) is 5.97. The van der Waals surface area contributed by atoms with Crippen molar-refractivity contribution in [3.8, 4) is 11.8 Å². The lowest BCUT2D eigenvalue weighted by molar-refractivity contribution is 0.454. The minimum absolute atomic E-state index is 0.244. The van der Waals surface area contributed by atoms with Gasteiger partial charge in [0.05, 0.1) is 12.2 Å². The molecular formula is C15H13N9O2. The summed E-state index contributed by atoms with van der Waals surface area (Å²) in [5.41, 5.74) is 0.703. The molecule has 1 fully saturated rings. The SMILES string of the molecule is O=c1[nH]c(O)c(/C=c2\cnn3c(=NC4CC4)nc(-n4ccnc4)nc23)[nH]1. The summed E-state index contributed by atoms with van der Waals surface area (Å²) in [6.45, 7) is 0. The van der Waals surface area contributed by atoms with E-state index in [4.69, 9.17) is 0 Å². The Labute approximate surface area is 144 Å². The van der Waals surface area contributed by atoms with Crippen LogP contribution in [0, 0.1) is 0 Å². The molecule has 0 aromatic carbocycles. The highest BCUT2D eigenvalue weighted by atomic mass is 16.3. The lowest BCUT2D eigenvalue weighted by atomic mass is 10.3. The second kappa shape index (κ2) is 5.37. The molecule has 1 aliphatic rings. The van der Waals surface area contributed by atoms with Crippen molar-refractivity contribution in [3.05, 3.63) is 51.9 Å². The maximum absolute atomic E-state index is 11.3. The molecule has 4 aromatic heterocycles. The zero-order valence-corrected chi connectivity index (χ0v) is 13.4. The molecule has 3 N–H and O–H groups in total. The van der Waals surface area contributed by atoms with Crippen LogP contribution in [0.3, 0.4) is 0 Å². The van der Waals surface area contributed by atoms with Crippen LogP contribution in [0.15, 0.2) is 34.7 Å². The molecule has 0 unspecified atom stereocenters. The van der Waals surface area contributed by atoms with Crippen LogP contribution in [0.4, 0.5) is 0 Å². The molecule has 130 valence electrons. The summed E-state index contributed by atoms with van der Waals surface area (Å²) in [6.07, 6.45) is 10.2. The molecule has 0 atom stereocenters. The zero-order chi connectivity index (χ0) is 17.7. The number of fused-ring (bicyclic) bond motifs is 1. The Hall–Kier alpha value is -3.76. The Balaban J connectivity index is 1.80. The molecule has 0 aliphatic heterocycles. The molecule has 0 radical (unpaired) electrons. The Kier molecular flexibility index (Phi) is 3.01. The molecule has 1 saturated carbocycles. The number of aromatic hydroxyl groups is 1. The van der Waals surface area contributed by atoms with E-state index in [9.17, 15) is 9.90 Å². The van der Waals surface area contributed by atoms with Gasteiger partial charge in [0.1, 0.15) is 12.0 Å². The molecule has 0 bridgehead atoms. The lowest BCUT2D eigenvalue weighted by Gasteiger charge is -2.01. The minimum atomic E-state index is -0.497. The summed E-state index contributed by atoms with van der Waals surface area (Å²) < 4.78 is 3.23. The van der Waals surface area contributed by atoms with Crippen LogP contribution in [0.25, 0.3) is 17.7 Å². The molecule has 11 heteroatoms. The first-order valence-electron chi connectivity index (χ1n) is 7.98. The van der Waals surface area contributed by atoms with E-state index in [1.165, 1.54) is 0 Å². The molecular weight excluding hydrogens is 338 g/mol. The topological polar surface area (TPSA) is 142 Å². The number of aromatic amines is 2. The van der Waals surface area contributed by atoms with Crippen LogP contribution in [-0.2, 0) is 0 Å². The van der Waals surface area contributed by atoms with Gasteiger partial charge in [-0.25, -0.2) is 14.8 Å². The van der Waals surface area contributed by atoms with Crippen molar-refractivity contribution in [3.63, 3.8) is 0 Å². The standard InChI is InChI=1S/C15H13N9O2/c25-12-10(19-15(26)21-12)5-8-6-17-24-11(8)20-13(23-4-3-16-7-23)22-14(24)18-9-1-2-9/h3-7,9,25H,1-2H2,(H2,19,21,26)/b8-5+,18-14?. The van der Waals surface area contributed by atoms with Crippen molar-refractivity contribution in [2.75, 3.05) is 0 Å². The van der Waals surface area contributed by atoms with Gasteiger partial charge in [0, 0.05) is 17.6 Å². The highest BCUT2D eigenvalue weighted by Crippen LogP contribution is 2.22. The molecule has 0 amide bonds. The molecule has 26 heavy (non-hydrogen) atoms. The lowest BCUT2D eigenvalue weighted by Crippen LogP contribution is -2.25. The number of rotatable bonds is 3. The van der Waals surface area contributed by atoms with E-state index < -0.39 is 5.69 Å². The van der Waals surface area contributed by atoms with Crippen LogP contribution >= 0.6 is 0 Å². The van der Waals surface area contributed by atoms with E-state index >= 15 is 0 Å². The third-order valence-corrected chi connectivity index (χ3v) is 3.98. The van der Waals surface area contributed by atoms with Gasteiger partial charge in [0.25, 0.3) is 5.62 Å². The van der Waals surface area contributed by atoms with E-state index in [0.717, 1.165) is 12.8 Å². The van der Waals surface area contributed by atoms with E-state index in [1.807, 2.05) is 0 Å². The Morgan fingerprint density at radius 2 is 2.19 bits per heavy atom. The maximum atomic E-state index is 11.3. The van der Waals surface area contributed by atoms with Gasteiger partial charge in [-0.2, -0.15) is 19.6 Å². The fourth-order valence-electron chi connectivity index (χ4n) is 2.56. The van der Waals surface area contributed by atoms with Crippen LogP contribution in [0.5, 0.6) is 5.88 Å². The van der Waals surface area contributed by atoms with Gasteiger partial charge in [-0.05, 0) is 18.9 Å². The average molecular weight is 351 g/mol. The van der Waals surface area contributed by atoms with Crippen LogP contribution in [0.2, 0.25) is 0 Å². The molecule has 11 nitrogen and oxygen atoms in total. The number of imidazole rings is 2. The first-order chi connectivity index (χ1) is 12.7. The summed E-state index contributed by atoms with van der Waals surface area (Å²) >= 11 is 0. The summed E-state index contributed by atoms with van der Waals surface area (Å²) in [4.78, 5) is 33.8. The van der Waals surface area contributed by atoms with Crippen molar-refractivity contribution in [2.24, 2.45) is 4.99 Å². The van der Waals surface area contributed by atoms with Gasteiger partial charge in [-0.15, -0.1) is 0 Å². The first-order valence-corrected chi connectivity index (χ1v) is 7.98. The minimum Gasteiger partial charge on any atom is -0.493 e. The third kappa shape index (κ3) is 2.46. The fourth-order valence-corrected chi connectivity index (χ4v) is 2.56. The Morgan fingerprint density at radius 1 is 1.31 bits per heavy atom. The normalized spacial score (nSPS) is 16.0. The van der Waals surface area contributed by atoms with Gasteiger partial charge >= 0.3 is 5.69 Å². The van der Waals surface area contributed by atoms with Gasteiger partial charge in [0.2, 0.25) is 11.8 Å². The predicted molar refractivity (Wildman–Crippen MR) is 88.4 cm³/mol. The van der Waals surface area contributed by atoms with Crippen LogP contribution < -0.4 is 16.5 Å². The molecule has 0 spiro atoms. The fraction of sp³-hybridized carbons (Fsp3) is 0.200. The van der Waals surface area contributed by atoms with Crippen molar-refractivity contribution >= 4 is 11.7 Å². The summed E-state index contributed by atoms with van der Waals surface area (Å²) in [5, 5.41) is 14.7. The van der Waals surface area contributed by atoms with Gasteiger partial charge in [0.15, 0.2) is 5.65 Å². The third-order valence-electron chi connectivity index (χ3n) is 3.98. The summed E-state index contributed by atoms with van der Waals surface area (Å²) in [5.74, 6) is 0.164. The van der Waals surface area contributed by atoms with Crippen LogP contribution in [0.1, 0.15) is 18.5 Å². The van der Waals surface area contributed by atoms with Gasteiger partial charge < -0.3 is 10.1 Å². The quantitative estimate of drug-likeness (QED) is 0.416. The smallest absolute Gasteiger partial charge is 0.326 e. The van der Waals surface area contributed by atoms with E-state index in [1.54, 1.807) is 40.1 Å². The van der Waals surface area contributed by atoms with E-state index in [0.29, 0.717) is 22.4 Å². The highest BCUT2D eigenvalue weighted by Gasteiger charge is 2.21. The van der Waals surface area contributed by atoms with Gasteiger partial charge in [-0.3, -0.25) is 9.55 Å². The summed E-state index contributed by atoms with van der Waals surface area (Å²) in [7, 11) is 0. The number of H-pyrrole nitrogens is 2. The predicted octanol–water partition coefficient (Wildman–Crippen LogP) is -1.36. The number of nitrogens with zero attached hydrogens (tertiary/aromatic N) is 7. The number of hydrogen-bond acceptors (Lipinski definition) is 7. The average Bonchev–Trinajstić information content (AvgIpc) is 3.01. The number of nitrogens with one attached hydrogen (secondary N) is 2. The van der Waals surface area contributed by atoms with Crippen LogP contribution in [-0.4, -0.2) is 50.2 Å². The number of aromatic nitrogens is 8. The zero-order valence-electron chi connectivity index (χ0n) is 13.4. The van der Waals surface area contributed by atoms with E-state index in [-0.39, 0.29) is 17.6 Å². The Morgan fingerprint density at radius 3 is 2.88 bits per heavy atom. The van der Waals surface area contributed by atoms with Crippen molar-refractivity contribution in [1.82, 2.24) is 39.1 Å². The van der Waals surface area contributed by atoms with Crippen molar-refractivity contribution < 1.29 is 5.11 Å². The monoisotopic (exact) mass is 351 g/mol. The maximum Gasteiger partial charge on any atom is 0.326 e. The highest BCUT2D eigenvalue weighted by molar-refractivity contribution is 5.56. The molecule has 4 heterocycles. The molecule has 0 saturated heterocycles. The largest absolute Gasteiger partial charge is 0.493 e. The van der Waals surface area contributed by atoms with Crippen molar-refractivity contribution in [1.29, 1.82) is 0 Å². The molecule has 4 aromatic rings. The Bertz CT molecular complexity index is 1280. The molecule has 5 rings (SSSR count). The van der Waals surface area contributed by atoms with E-state index in [2.05, 4.69) is 35.0 Å².